The number of benzene rings is 1. The predicted octanol–water partition coefficient (Wildman–Crippen LogP) is 4.72. The third-order valence-electron chi connectivity index (χ3n) is 3.80. The van der Waals surface area contributed by atoms with Crippen LogP contribution in [-0.4, -0.2) is 23.7 Å². The number of piperidine rings is 1. The molecule has 1 aliphatic rings. The maximum Gasteiger partial charge on any atom is 0.224 e. The van der Waals surface area contributed by atoms with Crippen LogP contribution in [0.3, 0.4) is 0 Å². The van der Waals surface area contributed by atoms with E-state index < -0.39 is 0 Å². The van der Waals surface area contributed by atoms with Gasteiger partial charge in [-0.3, -0.25) is 4.79 Å². The maximum atomic E-state index is 12.0. The molecule has 0 bridgehead atoms. The van der Waals surface area contributed by atoms with Crippen molar-refractivity contribution in [2.24, 2.45) is 5.92 Å². The Kier molecular flexibility index (Phi) is 8.45. The highest BCUT2D eigenvalue weighted by Crippen LogP contribution is 2.32. The molecule has 1 amide bonds. The molecule has 0 aromatic heterocycles. The number of anilines is 1. The number of nitrogens with one attached hydrogen (secondary N) is 2. The first-order chi connectivity index (χ1) is 10.4. The Morgan fingerprint density at radius 2 is 1.83 bits per heavy atom. The molecule has 2 rings (SSSR count). The number of hydrogen-bond acceptors (Lipinski definition) is 3. The topological polar surface area (TPSA) is 41.1 Å². The molecule has 1 saturated heterocycles. The standard InChI is InChI=1S/C18H28N2OS.ClH/c1-18(2,3)22-16-7-5-15(6-8-16)20-17(21)9-4-14-10-12-19-13-11-14;/h5-8,14,19H,4,9-13H2,1-3H3,(H,20,21);1H. The van der Waals surface area contributed by atoms with Gasteiger partial charge in [0.15, 0.2) is 0 Å². The maximum absolute atomic E-state index is 12.0. The van der Waals surface area contributed by atoms with Crippen LogP contribution in [0, 0.1) is 5.92 Å². The summed E-state index contributed by atoms with van der Waals surface area (Å²) in [6.07, 6.45) is 4.03. The minimum absolute atomic E-state index is 0. The number of thioether (sulfide) groups is 1. The van der Waals surface area contributed by atoms with Crippen LogP contribution in [0.1, 0.15) is 46.5 Å². The van der Waals surface area contributed by atoms with E-state index in [0.717, 1.165) is 25.2 Å². The fraction of sp³-hybridized carbons (Fsp3) is 0.611. The largest absolute Gasteiger partial charge is 0.326 e. The van der Waals surface area contributed by atoms with Crippen molar-refractivity contribution in [2.75, 3.05) is 18.4 Å². The number of carbonyl (C=O) groups is 1. The highest BCUT2D eigenvalue weighted by molar-refractivity contribution is 8.00. The van der Waals surface area contributed by atoms with Crippen LogP contribution >= 0.6 is 24.2 Å². The van der Waals surface area contributed by atoms with Gasteiger partial charge in [-0.2, -0.15) is 0 Å². The van der Waals surface area contributed by atoms with E-state index >= 15 is 0 Å². The van der Waals surface area contributed by atoms with Gasteiger partial charge in [-0.25, -0.2) is 0 Å². The van der Waals surface area contributed by atoms with Crippen molar-refractivity contribution in [2.45, 2.75) is 56.1 Å². The van der Waals surface area contributed by atoms with E-state index in [1.54, 1.807) is 0 Å². The first-order valence-electron chi connectivity index (χ1n) is 8.22. The van der Waals surface area contributed by atoms with Gasteiger partial charge in [0.2, 0.25) is 5.91 Å². The van der Waals surface area contributed by atoms with E-state index in [2.05, 4.69) is 43.5 Å². The van der Waals surface area contributed by atoms with E-state index in [0.29, 0.717) is 12.3 Å². The molecular formula is C18H29ClN2OS. The SMILES string of the molecule is CC(C)(C)Sc1ccc(NC(=O)CCC2CCNCC2)cc1.Cl. The molecule has 1 aromatic rings. The Hall–Kier alpha value is -0.710. The van der Waals surface area contributed by atoms with E-state index in [1.807, 2.05) is 23.9 Å². The quantitative estimate of drug-likeness (QED) is 0.750. The van der Waals surface area contributed by atoms with Crippen LogP contribution in [0.15, 0.2) is 29.2 Å². The summed E-state index contributed by atoms with van der Waals surface area (Å²) < 4.78 is 0.208. The van der Waals surface area contributed by atoms with Crippen LogP contribution in [0.25, 0.3) is 0 Å². The molecule has 0 aliphatic carbocycles. The van der Waals surface area contributed by atoms with E-state index in [1.165, 1.54) is 17.7 Å². The van der Waals surface area contributed by atoms with Gasteiger partial charge in [-0.1, -0.05) is 20.8 Å². The van der Waals surface area contributed by atoms with Crippen molar-refractivity contribution in [1.29, 1.82) is 0 Å². The second-order valence-electron chi connectivity index (χ2n) is 7.02. The summed E-state index contributed by atoms with van der Waals surface area (Å²) in [4.78, 5) is 13.3. The van der Waals surface area contributed by atoms with E-state index in [9.17, 15) is 4.79 Å². The second kappa shape index (κ2) is 9.55. The van der Waals surface area contributed by atoms with Crippen molar-refractivity contribution >= 4 is 35.8 Å². The zero-order valence-corrected chi connectivity index (χ0v) is 16.0. The first-order valence-corrected chi connectivity index (χ1v) is 9.04. The third kappa shape index (κ3) is 8.09. The van der Waals surface area contributed by atoms with Gasteiger partial charge >= 0.3 is 0 Å². The Balaban J connectivity index is 0.00000264. The second-order valence-corrected chi connectivity index (χ2v) is 8.92. The lowest BCUT2D eigenvalue weighted by atomic mass is 9.93. The molecule has 0 spiro atoms. The highest BCUT2D eigenvalue weighted by Gasteiger charge is 2.15. The molecule has 0 atom stereocenters. The Bertz CT molecular complexity index is 479. The van der Waals surface area contributed by atoms with Gasteiger partial charge in [0, 0.05) is 21.8 Å². The lowest BCUT2D eigenvalue weighted by Gasteiger charge is -2.22. The zero-order valence-electron chi connectivity index (χ0n) is 14.4. The van der Waals surface area contributed by atoms with E-state index in [-0.39, 0.29) is 23.1 Å². The summed E-state index contributed by atoms with van der Waals surface area (Å²) in [5.41, 5.74) is 0.897. The fourth-order valence-electron chi connectivity index (χ4n) is 2.69. The Morgan fingerprint density at radius 3 is 2.39 bits per heavy atom. The Labute approximate surface area is 150 Å². The van der Waals surface area contributed by atoms with Gasteiger partial charge in [-0.05, 0) is 62.5 Å². The summed E-state index contributed by atoms with van der Waals surface area (Å²) in [6, 6.07) is 8.16. The average molecular weight is 357 g/mol. The number of hydrogen-bond donors (Lipinski definition) is 2. The summed E-state index contributed by atoms with van der Waals surface area (Å²) in [7, 11) is 0. The van der Waals surface area contributed by atoms with Crippen LogP contribution in [0.4, 0.5) is 5.69 Å². The predicted molar refractivity (Wildman–Crippen MR) is 103 cm³/mol. The summed E-state index contributed by atoms with van der Waals surface area (Å²) in [5.74, 6) is 0.840. The van der Waals surface area contributed by atoms with Crippen molar-refractivity contribution in [3.8, 4) is 0 Å². The smallest absolute Gasteiger partial charge is 0.224 e. The van der Waals surface area contributed by atoms with Crippen molar-refractivity contribution in [3.05, 3.63) is 24.3 Å². The molecule has 5 heteroatoms. The van der Waals surface area contributed by atoms with Gasteiger partial charge in [0.05, 0.1) is 0 Å². The minimum atomic E-state index is 0. The molecule has 0 radical (unpaired) electrons. The van der Waals surface area contributed by atoms with Crippen molar-refractivity contribution in [1.82, 2.24) is 5.32 Å². The van der Waals surface area contributed by atoms with Crippen molar-refractivity contribution in [3.63, 3.8) is 0 Å². The summed E-state index contributed by atoms with van der Waals surface area (Å²) >= 11 is 1.84. The Morgan fingerprint density at radius 1 is 1.22 bits per heavy atom. The number of carbonyl (C=O) groups excluding carboxylic acids is 1. The molecule has 130 valence electrons. The molecule has 1 fully saturated rings. The molecule has 1 aliphatic heterocycles. The fourth-order valence-corrected chi connectivity index (χ4v) is 3.67. The number of rotatable bonds is 5. The number of amides is 1. The molecule has 1 aromatic carbocycles. The normalized spacial score (nSPS) is 15.8. The molecule has 23 heavy (non-hydrogen) atoms. The summed E-state index contributed by atoms with van der Waals surface area (Å²) in [6.45, 7) is 8.80. The zero-order chi connectivity index (χ0) is 16.0. The van der Waals surface area contributed by atoms with Gasteiger partial charge in [-0.15, -0.1) is 24.2 Å². The molecule has 1 heterocycles. The molecular weight excluding hydrogens is 328 g/mol. The molecule has 0 saturated carbocycles. The van der Waals surface area contributed by atoms with Crippen LogP contribution in [0.2, 0.25) is 0 Å². The highest BCUT2D eigenvalue weighted by atomic mass is 35.5. The third-order valence-corrected chi connectivity index (χ3v) is 4.92. The monoisotopic (exact) mass is 356 g/mol. The summed E-state index contributed by atoms with van der Waals surface area (Å²) in [5, 5.41) is 6.37. The van der Waals surface area contributed by atoms with Gasteiger partial charge in [0.1, 0.15) is 0 Å². The molecule has 3 nitrogen and oxygen atoms in total. The van der Waals surface area contributed by atoms with Crippen LogP contribution in [-0.2, 0) is 4.79 Å². The van der Waals surface area contributed by atoms with Crippen LogP contribution in [0.5, 0.6) is 0 Å². The minimum Gasteiger partial charge on any atom is -0.326 e. The molecule has 2 N–H and O–H groups in total. The lowest BCUT2D eigenvalue weighted by molar-refractivity contribution is -0.116. The number of halogens is 1. The van der Waals surface area contributed by atoms with Gasteiger partial charge in [0.25, 0.3) is 0 Å². The van der Waals surface area contributed by atoms with Crippen molar-refractivity contribution < 1.29 is 4.79 Å². The molecule has 0 unspecified atom stereocenters. The van der Waals surface area contributed by atoms with Crippen LogP contribution < -0.4 is 10.6 Å². The first kappa shape index (κ1) is 20.3. The van der Waals surface area contributed by atoms with E-state index in [4.69, 9.17) is 0 Å². The lowest BCUT2D eigenvalue weighted by Crippen LogP contribution is -2.28. The van der Waals surface area contributed by atoms with Gasteiger partial charge < -0.3 is 10.6 Å². The average Bonchev–Trinajstić information content (AvgIpc) is 2.47.